The fourth-order valence-corrected chi connectivity index (χ4v) is 7.04. The number of ether oxygens (including phenoxy) is 2. The molecule has 10 heteroatoms. The van der Waals surface area contributed by atoms with Crippen LogP contribution in [0.2, 0.25) is 0 Å². The molecule has 2 fully saturated rings. The molecule has 0 aromatic heterocycles. The van der Waals surface area contributed by atoms with Crippen molar-refractivity contribution >= 4 is 40.4 Å². The number of rotatable bonds is 21. The van der Waals surface area contributed by atoms with E-state index >= 15 is 0 Å². The topological polar surface area (TPSA) is 68.7 Å². The summed E-state index contributed by atoms with van der Waals surface area (Å²) in [4.78, 5) is 22.1. The first-order valence-corrected chi connectivity index (χ1v) is 16.4. The van der Waals surface area contributed by atoms with Crippen molar-refractivity contribution in [2.75, 3.05) is 59.2 Å². The van der Waals surface area contributed by atoms with E-state index in [0.717, 1.165) is 107 Å². The van der Waals surface area contributed by atoms with Gasteiger partial charge in [-0.1, -0.05) is 33.0 Å². The average molecular weight is 601 g/mol. The van der Waals surface area contributed by atoms with Gasteiger partial charge in [0.25, 0.3) is 0 Å². The number of amides is 1. The Kier molecular flexibility index (Phi) is 15.2. The van der Waals surface area contributed by atoms with Gasteiger partial charge in [0.1, 0.15) is 11.2 Å². The van der Waals surface area contributed by atoms with E-state index in [1.54, 1.807) is 0 Å². The van der Waals surface area contributed by atoms with Crippen LogP contribution in [-0.2, 0) is 14.3 Å². The molecule has 0 aromatic rings. The molecule has 0 aliphatic carbocycles. The second-order valence-electron chi connectivity index (χ2n) is 11.7. The van der Waals surface area contributed by atoms with Gasteiger partial charge in [0.15, 0.2) is 5.11 Å². The first kappa shape index (κ1) is 35.3. The average Bonchev–Trinajstić information content (AvgIpc) is 3.45. The molecular weight excluding hydrogens is 544 g/mol. The summed E-state index contributed by atoms with van der Waals surface area (Å²) >= 11 is 11.4. The third-order valence-electron chi connectivity index (χ3n) is 9.05. The minimum absolute atomic E-state index is 0.0156. The summed E-state index contributed by atoms with van der Waals surface area (Å²) in [6, 6.07) is 0. The molecule has 2 rings (SSSR count). The van der Waals surface area contributed by atoms with Crippen molar-refractivity contribution in [2.24, 2.45) is 0 Å². The second kappa shape index (κ2) is 17.3. The van der Waals surface area contributed by atoms with Gasteiger partial charge in [0.2, 0.25) is 5.91 Å². The summed E-state index contributed by atoms with van der Waals surface area (Å²) < 4.78 is 11.7. The van der Waals surface area contributed by atoms with Crippen LogP contribution in [0.4, 0.5) is 0 Å². The zero-order valence-electron chi connectivity index (χ0n) is 26.1. The van der Waals surface area contributed by atoms with Gasteiger partial charge in [-0.15, -0.1) is 0 Å². The molecule has 2 aliphatic heterocycles. The van der Waals surface area contributed by atoms with Crippen LogP contribution in [0.3, 0.4) is 0 Å². The molecule has 0 aromatic carbocycles. The highest BCUT2D eigenvalue weighted by Crippen LogP contribution is 2.33. The first-order chi connectivity index (χ1) is 19.1. The van der Waals surface area contributed by atoms with Crippen molar-refractivity contribution in [2.45, 2.75) is 117 Å². The lowest BCUT2D eigenvalue weighted by atomic mass is 9.89. The fraction of sp³-hybridized carbons (Fsp3) is 0.900. The molecule has 1 amide bonds. The maximum Gasteiger partial charge on any atom is 0.238 e. The number of nitrogens with zero attached hydrogens (tertiary/aromatic N) is 4. The maximum atomic E-state index is 12.7. The highest BCUT2D eigenvalue weighted by Gasteiger charge is 2.45. The van der Waals surface area contributed by atoms with Crippen LogP contribution in [0.25, 0.3) is 0 Å². The normalized spacial score (nSPS) is 21.5. The van der Waals surface area contributed by atoms with E-state index in [4.69, 9.17) is 33.9 Å². The Hall–Kier alpha value is -0.910. The zero-order chi connectivity index (χ0) is 29.8. The van der Waals surface area contributed by atoms with Gasteiger partial charge in [0.05, 0.1) is 19.7 Å². The van der Waals surface area contributed by atoms with E-state index < -0.39 is 0 Å². The highest BCUT2D eigenvalue weighted by molar-refractivity contribution is 7.82. The summed E-state index contributed by atoms with van der Waals surface area (Å²) in [7, 11) is 0. The molecule has 3 unspecified atom stereocenters. The standard InChI is InChI=1S/C30H56N4O4S2/c1-7-29(5,33-25(24-35)31(9-3)22-26(33)36)16-11-13-18-37-20-15-21-38-19-14-12-17-30(6,8-2)34-27(39)23-32(10-4)28(34)40/h25,35H,7-24H2,1-6H3. The van der Waals surface area contributed by atoms with Gasteiger partial charge >= 0.3 is 0 Å². The molecule has 0 bridgehead atoms. The third-order valence-corrected chi connectivity index (χ3v) is 9.80. The number of unbranched alkanes of at least 4 members (excludes halogenated alkanes) is 2. The predicted molar refractivity (Wildman–Crippen MR) is 171 cm³/mol. The molecule has 2 saturated heterocycles. The van der Waals surface area contributed by atoms with Crippen LogP contribution in [0.15, 0.2) is 0 Å². The molecule has 8 nitrogen and oxygen atoms in total. The number of thiocarbonyl (C=S) groups is 2. The Morgan fingerprint density at radius 2 is 1.38 bits per heavy atom. The van der Waals surface area contributed by atoms with Crippen LogP contribution in [0.1, 0.15) is 99.3 Å². The summed E-state index contributed by atoms with van der Waals surface area (Å²) in [5.41, 5.74) is -0.264. The number of carbonyl (C=O) groups is 1. The Morgan fingerprint density at radius 3 is 1.85 bits per heavy atom. The minimum atomic E-state index is -0.237. The predicted octanol–water partition coefficient (Wildman–Crippen LogP) is 4.82. The van der Waals surface area contributed by atoms with E-state index in [9.17, 15) is 9.90 Å². The number of carbonyl (C=O) groups excluding carboxylic acids is 1. The van der Waals surface area contributed by atoms with Gasteiger partial charge in [-0.25, -0.2) is 0 Å². The van der Waals surface area contributed by atoms with Crippen molar-refractivity contribution in [3.63, 3.8) is 0 Å². The number of hydrogen-bond acceptors (Lipinski definition) is 7. The smallest absolute Gasteiger partial charge is 0.238 e. The monoisotopic (exact) mass is 600 g/mol. The lowest BCUT2D eigenvalue weighted by Crippen LogP contribution is -2.54. The molecular formula is C30H56N4O4S2. The molecule has 3 atom stereocenters. The summed E-state index contributed by atoms with van der Waals surface area (Å²) in [6.45, 7) is 18.7. The van der Waals surface area contributed by atoms with Crippen molar-refractivity contribution in [3.8, 4) is 0 Å². The Balaban J connectivity index is 1.55. The fourth-order valence-electron chi connectivity index (χ4n) is 6.00. The molecule has 40 heavy (non-hydrogen) atoms. The van der Waals surface area contributed by atoms with Crippen LogP contribution in [-0.4, -0.2) is 117 Å². The van der Waals surface area contributed by atoms with E-state index in [1.807, 2.05) is 11.8 Å². The summed E-state index contributed by atoms with van der Waals surface area (Å²) in [6.07, 6.45) is 8.63. The van der Waals surface area contributed by atoms with Gasteiger partial charge in [0, 0.05) is 44.1 Å². The SMILES string of the molecule is CCN1CC(=S)N(C(C)(CC)CCCCOCCCOCCCCC(C)(CC)N2C(=O)CN(CC)C2CO)C1=S. The van der Waals surface area contributed by atoms with Crippen molar-refractivity contribution in [1.29, 1.82) is 0 Å². The summed E-state index contributed by atoms with van der Waals surface area (Å²) in [5.74, 6) is 0.129. The molecule has 232 valence electrons. The summed E-state index contributed by atoms with van der Waals surface area (Å²) in [5, 5.41) is 10.8. The minimum Gasteiger partial charge on any atom is -0.393 e. The molecule has 2 heterocycles. The lowest BCUT2D eigenvalue weighted by molar-refractivity contribution is -0.135. The third kappa shape index (κ3) is 9.04. The largest absolute Gasteiger partial charge is 0.393 e. The molecule has 1 N–H and O–H groups in total. The number of aliphatic hydroxyl groups excluding tert-OH is 1. The van der Waals surface area contributed by atoms with E-state index in [2.05, 4.69) is 49.3 Å². The molecule has 0 spiro atoms. The van der Waals surface area contributed by atoms with Crippen LogP contribution < -0.4 is 0 Å². The number of aliphatic hydroxyl groups is 1. The van der Waals surface area contributed by atoms with Crippen molar-refractivity contribution in [1.82, 2.24) is 19.6 Å². The highest BCUT2D eigenvalue weighted by atomic mass is 32.1. The van der Waals surface area contributed by atoms with Crippen LogP contribution in [0, 0.1) is 0 Å². The molecule has 0 radical (unpaired) electrons. The lowest BCUT2D eigenvalue weighted by Gasteiger charge is -2.42. The van der Waals surface area contributed by atoms with E-state index in [0.29, 0.717) is 13.2 Å². The van der Waals surface area contributed by atoms with Crippen LogP contribution in [0.5, 0.6) is 0 Å². The Labute approximate surface area is 254 Å². The first-order valence-electron chi connectivity index (χ1n) is 15.6. The van der Waals surface area contributed by atoms with Gasteiger partial charge in [-0.05, 0) is 97.3 Å². The molecule has 2 aliphatic rings. The number of hydrogen-bond donors (Lipinski definition) is 1. The Morgan fingerprint density at radius 1 is 0.825 bits per heavy atom. The van der Waals surface area contributed by atoms with Gasteiger partial charge in [-0.3, -0.25) is 9.69 Å². The van der Waals surface area contributed by atoms with Crippen LogP contribution >= 0.6 is 24.4 Å². The van der Waals surface area contributed by atoms with Gasteiger partial charge in [-0.2, -0.15) is 0 Å². The Bertz CT molecular complexity index is 819. The molecule has 0 saturated carbocycles. The maximum absolute atomic E-state index is 12.7. The zero-order valence-corrected chi connectivity index (χ0v) is 27.7. The van der Waals surface area contributed by atoms with Crippen molar-refractivity contribution < 1.29 is 19.4 Å². The second-order valence-corrected chi connectivity index (χ2v) is 12.5. The quantitative estimate of drug-likeness (QED) is 0.148. The number of likely N-dealkylation sites (N-methyl/N-ethyl adjacent to an activating group) is 2. The van der Waals surface area contributed by atoms with E-state index in [1.165, 1.54) is 0 Å². The van der Waals surface area contributed by atoms with Gasteiger partial charge < -0.3 is 29.3 Å². The van der Waals surface area contributed by atoms with Crippen molar-refractivity contribution in [3.05, 3.63) is 0 Å². The van der Waals surface area contributed by atoms with E-state index in [-0.39, 0.29) is 29.8 Å².